The monoisotopic (exact) mass is 297 g/mol. The topological polar surface area (TPSA) is 107 Å². The third kappa shape index (κ3) is 2.24. The van der Waals surface area contributed by atoms with Crippen LogP contribution in [0.1, 0.15) is 35.1 Å². The van der Waals surface area contributed by atoms with Crippen molar-refractivity contribution in [1.29, 1.82) is 0 Å². The Morgan fingerprint density at radius 1 is 1.32 bits per heavy atom. The van der Waals surface area contributed by atoms with E-state index in [2.05, 4.69) is 20.1 Å². The molecule has 3 aromatic rings. The number of carbonyl (C=O) groups is 1. The van der Waals surface area contributed by atoms with Gasteiger partial charge in [-0.3, -0.25) is 4.57 Å². The summed E-state index contributed by atoms with van der Waals surface area (Å²) in [6.07, 6.45) is 6.65. The zero-order valence-corrected chi connectivity index (χ0v) is 11.4. The highest BCUT2D eigenvalue weighted by Gasteiger charge is 2.29. The molecule has 1 N–H and O–H groups in total. The number of aromatic nitrogens is 5. The Morgan fingerprint density at radius 2 is 2.18 bits per heavy atom. The van der Waals surface area contributed by atoms with Gasteiger partial charge >= 0.3 is 5.97 Å². The molecule has 1 aliphatic rings. The molecule has 1 aliphatic carbocycles. The number of aromatic carboxylic acids is 1. The lowest BCUT2D eigenvalue weighted by atomic mass is 10.3. The highest BCUT2D eigenvalue weighted by Crippen LogP contribution is 2.38. The van der Waals surface area contributed by atoms with Crippen LogP contribution in [0.4, 0.5) is 0 Å². The first-order valence-electron chi connectivity index (χ1n) is 6.78. The summed E-state index contributed by atoms with van der Waals surface area (Å²) in [6, 6.07) is 3.54. The molecule has 8 heteroatoms. The second-order valence-electron chi connectivity index (χ2n) is 5.11. The Morgan fingerprint density at radius 3 is 2.82 bits per heavy atom. The van der Waals surface area contributed by atoms with Gasteiger partial charge in [0.15, 0.2) is 11.5 Å². The van der Waals surface area contributed by atoms with Crippen LogP contribution in [0.2, 0.25) is 0 Å². The van der Waals surface area contributed by atoms with Crippen LogP contribution < -0.4 is 0 Å². The molecule has 3 aromatic heterocycles. The van der Waals surface area contributed by atoms with Crippen LogP contribution in [0.5, 0.6) is 0 Å². The third-order valence-electron chi connectivity index (χ3n) is 3.45. The highest BCUT2D eigenvalue weighted by molar-refractivity contribution is 5.85. The van der Waals surface area contributed by atoms with Crippen molar-refractivity contribution >= 4 is 5.97 Å². The molecular formula is C14H11N5O3. The molecule has 0 bridgehead atoms. The summed E-state index contributed by atoms with van der Waals surface area (Å²) in [4.78, 5) is 23.2. The molecule has 3 heterocycles. The van der Waals surface area contributed by atoms with Crippen molar-refractivity contribution in [3.05, 3.63) is 42.4 Å². The van der Waals surface area contributed by atoms with Crippen molar-refractivity contribution in [1.82, 2.24) is 24.7 Å². The largest absolute Gasteiger partial charge is 0.476 e. The second kappa shape index (κ2) is 4.76. The summed E-state index contributed by atoms with van der Waals surface area (Å²) in [5, 5.41) is 12.8. The lowest BCUT2D eigenvalue weighted by molar-refractivity contribution is 0.0691. The standard InChI is InChI=1S/C14H11N5O3/c20-14(21)10-6-19(7-16-10)11-4-3-9(5-15-11)13-17-12(18-22-13)8-1-2-8/h3-8H,1-2H2,(H,20,21). The minimum absolute atomic E-state index is 0.0307. The molecule has 8 nitrogen and oxygen atoms in total. The van der Waals surface area contributed by atoms with Crippen LogP contribution in [-0.4, -0.2) is 35.8 Å². The smallest absolute Gasteiger partial charge is 0.356 e. The molecule has 0 saturated heterocycles. The summed E-state index contributed by atoms with van der Waals surface area (Å²) in [5.74, 6) is 1.11. The number of nitrogens with zero attached hydrogens (tertiary/aromatic N) is 5. The summed E-state index contributed by atoms with van der Waals surface area (Å²) in [5.41, 5.74) is 0.693. The fourth-order valence-corrected chi connectivity index (χ4v) is 2.08. The summed E-state index contributed by atoms with van der Waals surface area (Å²) < 4.78 is 6.77. The van der Waals surface area contributed by atoms with E-state index in [1.165, 1.54) is 17.1 Å². The van der Waals surface area contributed by atoms with Gasteiger partial charge in [-0.1, -0.05) is 5.16 Å². The van der Waals surface area contributed by atoms with Crippen LogP contribution in [0, 0.1) is 0 Å². The van der Waals surface area contributed by atoms with Gasteiger partial charge in [0.1, 0.15) is 12.1 Å². The van der Waals surface area contributed by atoms with Crippen molar-refractivity contribution in [3.8, 4) is 17.3 Å². The molecule has 0 spiro atoms. The minimum atomic E-state index is -1.08. The molecule has 0 atom stereocenters. The predicted molar refractivity (Wildman–Crippen MR) is 73.6 cm³/mol. The van der Waals surface area contributed by atoms with Crippen molar-refractivity contribution in [2.45, 2.75) is 18.8 Å². The molecule has 4 rings (SSSR count). The molecule has 1 saturated carbocycles. The summed E-state index contributed by atoms with van der Waals surface area (Å²) >= 11 is 0. The number of rotatable bonds is 4. The van der Waals surface area contributed by atoms with E-state index < -0.39 is 5.97 Å². The first kappa shape index (κ1) is 12.7. The number of hydrogen-bond acceptors (Lipinski definition) is 6. The lowest BCUT2D eigenvalue weighted by Gasteiger charge is -2.00. The molecule has 0 unspecified atom stereocenters. The van der Waals surface area contributed by atoms with E-state index in [-0.39, 0.29) is 5.69 Å². The fraction of sp³-hybridized carbons (Fsp3) is 0.214. The van der Waals surface area contributed by atoms with Crippen LogP contribution in [-0.2, 0) is 0 Å². The predicted octanol–water partition coefficient (Wildman–Crippen LogP) is 1.89. The van der Waals surface area contributed by atoms with Gasteiger partial charge in [0.2, 0.25) is 0 Å². The maximum absolute atomic E-state index is 10.8. The first-order chi connectivity index (χ1) is 10.7. The first-order valence-corrected chi connectivity index (χ1v) is 6.78. The number of carboxylic acid groups (broad SMARTS) is 1. The Kier molecular flexibility index (Phi) is 2.75. The van der Waals surface area contributed by atoms with Gasteiger partial charge in [0, 0.05) is 18.3 Å². The Hall–Kier alpha value is -3.03. The summed E-state index contributed by atoms with van der Waals surface area (Å²) in [7, 11) is 0. The molecule has 22 heavy (non-hydrogen) atoms. The van der Waals surface area contributed by atoms with Crippen LogP contribution >= 0.6 is 0 Å². The van der Waals surface area contributed by atoms with Crippen molar-refractivity contribution in [3.63, 3.8) is 0 Å². The van der Waals surface area contributed by atoms with Crippen LogP contribution in [0.3, 0.4) is 0 Å². The molecule has 0 aliphatic heterocycles. The molecule has 110 valence electrons. The van der Waals surface area contributed by atoms with Crippen molar-refractivity contribution < 1.29 is 14.4 Å². The van der Waals surface area contributed by atoms with Crippen LogP contribution in [0.25, 0.3) is 17.3 Å². The van der Waals surface area contributed by atoms with Gasteiger partial charge in [-0.05, 0) is 25.0 Å². The fourth-order valence-electron chi connectivity index (χ4n) is 2.08. The highest BCUT2D eigenvalue weighted by atomic mass is 16.5. The minimum Gasteiger partial charge on any atom is -0.476 e. The SMILES string of the molecule is O=C(O)c1cn(-c2ccc(-c3nc(C4CC4)no3)cn2)cn1. The number of carboxylic acids is 1. The number of hydrogen-bond donors (Lipinski definition) is 1. The number of imidazole rings is 1. The molecular weight excluding hydrogens is 286 g/mol. The third-order valence-corrected chi connectivity index (χ3v) is 3.45. The normalized spacial score (nSPS) is 14.2. The quantitative estimate of drug-likeness (QED) is 0.783. The van der Waals surface area contributed by atoms with Gasteiger partial charge in [-0.2, -0.15) is 4.98 Å². The zero-order valence-electron chi connectivity index (χ0n) is 11.4. The molecule has 0 amide bonds. The van der Waals surface area contributed by atoms with Crippen LogP contribution in [0.15, 0.2) is 35.4 Å². The maximum Gasteiger partial charge on any atom is 0.356 e. The molecule has 1 fully saturated rings. The van der Waals surface area contributed by atoms with Crippen molar-refractivity contribution in [2.24, 2.45) is 0 Å². The van der Waals surface area contributed by atoms with E-state index in [0.717, 1.165) is 24.2 Å². The van der Waals surface area contributed by atoms with Gasteiger partial charge in [-0.15, -0.1) is 0 Å². The van der Waals surface area contributed by atoms with E-state index in [1.807, 2.05) is 0 Å². The second-order valence-corrected chi connectivity index (χ2v) is 5.11. The zero-order chi connectivity index (χ0) is 15.1. The van der Waals surface area contributed by atoms with E-state index in [0.29, 0.717) is 17.6 Å². The Balaban J connectivity index is 1.59. The molecule has 0 radical (unpaired) electrons. The number of pyridine rings is 1. The van der Waals surface area contributed by atoms with Gasteiger partial charge in [0.05, 0.1) is 5.56 Å². The lowest BCUT2D eigenvalue weighted by Crippen LogP contribution is -1.97. The summed E-state index contributed by atoms with van der Waals surface area (Å²) in [6.45, 7) is 0. The van der Waals surface area contributed by atoms with Gasteiger partial charge < -0.3 is 9.63 Å². The average molecular weight is 297 g/mol. The van der Waals surface area contributed by atoms with E-state index in [4.69, 9.17) is 9.63 Å². The van der Waals surface area contributed by atoms with Gasteiger partial charge in [0.25, 0.3) is 5.89 Å². The van der Waals surface area contributed by atoms with Crippen molar-refractivity contribution in [2.75, 3.05) is 0 Å². The maximum atomic E-state index is 10.8. The Labute approximate surface area is 124 Å². The molecule has 0 aromatic carbocycles. The van der Waals surface area contributed by atoms with E-state index >= 15 is 0 Å². The average Bonchev–Trinajstić information content (AvgIpc) is 3.06. The van der Waals surface area contributed by atoms with E-state index in [1.54, 1.807) is 18.3 Å². The van der Waals surface area contributed by atoms with Gasteiger partial charge in [-0.25, -0.2) is 14.8 Å². The van der Waals surface area contributed by atoms with E-state index in [9.17, 15) is 4.79 Å². The Bertz CT molecular complexity index is 832.